The van der Waals surface area contributed by atoms with Crippen LogP contribution in [0.1, 0.15) is 30.9 Å². The van der Waals surface area contributed by atoms with Crippen molar-refractivity contribution in [3.8, 4) is 0 Å². The van der Waals surface area contributed by atoms with Gasteiger partial charge in [0, 0.05) is 17.4 Å². The molecule has 0 aliphatic rings. The van der Waals surface area contributed by atoms with E-state index in [2.05, 4.69) is 30.2 Å². The van der Waals surface area contributed by atoms with E-state index in [1.807, 2.05) is 48.7 Å². The van der Waals surface area contributed by atoms with Crippen LogP contribution >= 0.6 is 0 Å². The van der Waals surface area contributed by atoms with Crippen LogP contribution in [-0.4, -0.2) is 10.9 Å². The van der Waals surface area contributed by atoms with Crippen molar-refractivity contribution in [3.05, 3.63) is 65.9 Å². The Hall–Kier alpha value is -2.55. The number of H-pyrrole nitrogens is 1. The summed E-state index contributed by atoms with van der Waals surface area (Å²) in [6.45, 7) is 4.26. The number of hydrogen-bond donors (Lipinski definition) is 2. The molecular formula is C19H20N2O. The number of hydrogen-bond acceptors (Lipinski definition) is 1. The molecule has 1 aromatic heterocycles. The van der Waals surface area contributed by atoms with Gasteiger partial charge in [0.15, 0.2) is 0 Å². The highest BCUT2D eigenvalue weighted by molar-refractivity contribution is 5.93. The van der Waals surface area contributed by atoms with Gasteiger partial charge in [0.05, 0.1) is 6.42 Å². The van der Waals surface area contributed by atoms with Gasteiger partial charge in [0.25, 0.3) is 0 Å². The first-order valence-corrected chi connectivity index (χ1v) is 7.58. The summed E-state index contributed by atoms with van der Waals surface area (Å²) in [4.78, 5) is 15.5. The second-order valence-electron chi connectivity index (χ2n) is 5.87. The van der Waals surface area contributed by atoms with Gasteiger partial charge in [-0.15, -0.1) is 0 Å². The minimum atomic E-state index is 0.0130. The minimum absolute atomic E-state index is 0.0130. The molecule has 0 radical (unpaired) electrons. The number of aromatic amines is 1. The van der Waals surface area contributed by atoms with E-state index in [9.17, 15) is 4.79 Å². The maximum atomic E-state index is 12.3. The topological polar surface area (TPSA) is 44.9 Å². The summed E-state index contributed by atoms with van der Waals surface area (Å²) < 4.78 is 0. The smallest absolute Gasteiger partial charge is 0.228 e. The number of nitrogens with one attached hydrogen (secondary N) is 2. The highest BCUT2D eigenvalue weighted by atomic mass is 16.1. The van der Waals surface area contributed by atoms with Crippen LogP contribution in [0.3, 0.4) is 0 Å². The average Bonchev–Trinajstić information content (AvgIpc) is 2.95. The van der Waals surface area contributed by atoms with Crippen molar-refractivity contribution < 1.29 is 4.79 Å². The first-order valence-electron chi connectivity index (χ1n) is 7.58. The third-order valence-corrected chi connectivity index (χ3v) is 3.84. The molecule has 0 atom stereocenters. The lowest BCUT2D eigenvalue weighted by Gasteiger charge is -2.13. The van der Waals surface area contributed by atoms with Crippen molar-refractivity contribution in [1.82, 2.24) is 4.98 Å². The third-order valence-electron chi connectivity index (χ3n) is 3.84. The molecule has 0 saturated heterocycles. The number of carbonyl (C=O) groups excluding carboxylic acids is 1. The molecule has 3 aromatic rings. The molecule has 112 valence electrons. The van der Waals surface area contributed by atoms with Crippen LogP contribution in [-0.2, 0) is 11.2 Å². The van der Waals surface area contributed by atoms with E-state index >= 15 is 0 Å². The second-order valence-corrected chi connectivity index (χ2v) is 5.87. The summed E-state index contributed by atoms with van der Waals surface area (Å²) in [6, 6.07) is 16.1. The Morgan fingerprint density at radius 2 is 1.95 bits per heavy atom. The first-order chi connectivity index (χ1) is 10.6. The Bertz CT molecular complexity index is 802. The van der Waals surface area contributed by atoms with Gasteiger partial charge in [-0.25, -0.2) is 0 Å². The Kier molecular flexibility index (Phi) is 3.96. The zero-order valence-electron chi connectivity index (χ0n) is 12.9. The largest absolute Gasteiger partial charge is 0.361 e. The Morgan fingerprint density at radius 1 is 1.14 bits per heavy atom. The lowest BCUT2D eigenvalue weighted by Crippen LogP contribution is -2.15. The number of amides is 1. The first kappa shape index (κ1) is 14.4. The number of para-hydroxylation sites is 1. The molecule has 3 nitrogen and oxygen atoms in total. The molecule has 3 rings (SSSR count). The Balaban J connectivity index is 1.75. The molecule has 2 N–H and O–H groups in total. The summed E-state index contributed by atoms with van der Waals surface area (Å²) >= 11 is 0. The SMILES string of the molecule is CC(C)c1ccccc1NC(=O)Cc1ccc2cc[nH]c2c1. The van der Waals surface area contributed by atoms with Gasteiger partial charge >= 0.3 is 0 Å². The van der Waals surface area contributed by atoms with Gasteiger partial charge in [0.1, 0.15) is 0 Å². The summed E-state index contributed by atoms with van der Waals surface area (Å²) in [6.07, 6.45) is 2.29. The van der Waals surface area contributed by atoms with E-state index in [1.165, 1.54) is 0 Å². The number of rotatable bonds is 4. The van der Waals surface area contributed by atoms with Crippen molar-refractivity contribution in [3.63, 3.8) is 0 Å². The molecule has 0 aliphatic carbocycles. The zero-order valence-corrected chi connectivity index (χ0v) is 12.9. The van der Waals surface area contributed by atoms with Gasteiger partial charge in [0.2, 0.25) is 5.91 Å². The molecular weight excluding hydrogens is 272 g/mol. The predicted octanol–water partition coefficient (Wildman–Crippen LogP) is 4.47. The quantitative estimate of drug-likeness (QED) is 0.732. The van der Waals surface area contributed by atoms with Crippen LogP contribution in [0.5, 0.6) is 0 Å². The summed E-state index contributed by atoms with van der Waals surface area (Å²) in [5.41, 5.74) is 4.14. The van der Waals surface area contributed by atoms with E-state index in [0.717, 1.165) is 27.7 Å². The summed E-state index contributed by atoms with van der Waals surface area (Å²) in [5, 5.41) is 4.19. The van der Waals surface area contributed by atoms with Crippen LogP contribution in [0.15, 0.2) is 54.7 Å². The lowest BCUT2D eigenvalue weighted by atomic mass is 10.0. The Labute approximate surface area is 130 Å². The normalized spacial score (nSPS) is 11.0. The van der Waals surface area contributed by atoms with Crippen LogP contribution in [0.25, 0.3) is 10.9 Å². The maximum Gasteiger partial charge on any atom is 0.228 e. The van der Waals surface area contributed by atoms with Crippen LogP contribution in [0.2, 0.25) is 0 Å². The molecule has 0 fully saturated rings. The number of fused-ring (bicyclic) bond motifs is 1. The number of carbonyl (C=O) groups is 1. The van der Waals surface area contributed by atoms with Crippen LogP contribution in [0.4, 0.5) is 5.69 Å². The van der Waals surface area contributed by atoms with Crippen molar-refractivity contribution >= 4 is 22.5 Å². The van der Waals surface area contributed by atoms with Crippen molar-refractivity contribution in [2.24, 2.45) is 0 Å². The van der Waals surface area contributed by atoms with Gasteiger partial charge in [-0.2, -0.15) is 0 Å². The zero-order chi connectivity index (χ0) is 15.5. The molecule has 0 aliphatic heterocycles. The molecule has 3 heteroatoms. The number of aromatic nitrogens is 1. The molecule has 1 amide bonds. The average molecular weight is 292 g/mol. The molecule has 0 spiro atoms. The molecule has 0 bridgehead atoms. The van der Waals surface area contributed by atoms with E-state index in [1.54, 1.807) is 0 Å². The molecule has 2 aromatic carbocycles. The van der Waals surface area contributed by atoms with E-state index in [0.29, 0.717) is 12.3 Å². The van der Waals surface area contributed by atoms with Gasteiger partial charge in [-0.1, -0.05) is 44.2 Å². The fraction of sp³-hybridized carbons (Fsp3) is 0.211. The van der Waals surface area contributed by atoms with Gasteiger partial charge in [-0.3, -0.25) is 4.79 Å². The second kappa shape index (κ2) is 6.06. The highest BCUT2D eigenvalue weighted by Crippen LogP contribution is 2.24. The number of benzene rings is 2. The molecule has 1 heterocycles. The third kappa shape index (κ3) is 3.03. The summed E-state index contributed by atoms with van der Waals surface area (Å²) in [5.74, 6) is 0.394. The predicted molar refractivity (Wildman–Crippen MR) is 91.2 cm³/mol. The van der Waals surface area contributed by atoms with Gasteiger partial charge < -0.3 is 10.3 Å². The van der Waals surface area contributed by atoms with Crippen LogP contribution < -0.4 is 5.32 Å². The monoisotopic (exact) mass is 292 g/mol. The number of anilines is 1. The fourth-order valence-corrected chi connectivity index (χ4v) is 2.70. The van der Waals surface area contributed by atoms with Gasteiger partial charge in [-0.05, 0) is 40.6 Å². The highest BCUT2D eigenvalue weighted by Gasteiger charge is 2.10. The lowest BCUT2D eigenvalue weighted by molar-refractivity contribution is -0.115. The van der Waals surface area contributed by atoms with Crippen LogP contribution in [0, 0.1) is 0 Å². The van der Waals surface area contributed by atoms with Crippen molar-refractivity contribution in [2.45, 2.75) is 26.2 Å². The molecule has 22 heavy (non-hydrogen) atoms. The Morgan fingerprint density at radius 3 is 2.77 bits per heavy atom. The molecule has 0 saturated carbocycles. The molecule has 0 unspecified atom stereocenters. The van der Waals surface area contributed by atoms with Crippen molar-refractivity contribution in [2.75, 3.05) is 5.32 Å². The standard InChI is InChI=1S/C19H20N2O/c1-13(2)16-5-3-4-6-17(16)21-19(22)12-14-7-8-15-9-10-20-18(15)11-14/h3-11,13,20H,12H2,1-2H3,(H,21,22). The maximum absolute atomic E-state index is 12.3. The fourth-order valence-electron chi connectivity index (χ4n) is 2.70. The van der Waals surface area contributed by atoms with E-state index < -0.39 is 0 Å². The summed E-state index contributed by atoms with van der Waals surface area (Å²) in [7, 11) is 0. The van der Waals surface area contributed by atoms with E-state index in [4.69, 9.17) is 0 Å². The van der Waals surface area contributed by atoms with E-state index in [-0.39, 0.29) is 5.91 Å². The van der Waals surface area contributed by atoms with Crippen molar-refractivity contribution in [1.29, 1.82) is 0 Å². The minimum Gasteiger partial charge on any atom is -0.361 e.